The van der Waals surface area contributed by atoms with Crippen molar-refractivity contribution in [3.63, 3.8) is 0 Å². The number of halogens is 2. The van der Waals surface area contributed by atoms with Gasteiger partial charge >= 0.3 is 0 Å². The molecule has 1 N–H and O–H groups in total. The number of hydrogen-bond donors (Lipinski definition) is 1. The molecule has 0 radical (unpaired) electrons. The van der Waals surface area contributed by atoms with Crippen LogP contribution in [0.5, 0.6) is 11.5 Å². The zero-order valence-electron chi connectivity index (χ0n) is 13.4. The molecule has 8 heteroatoms. The van der Waals surface area contributed by atoms with Crippen molar-refractivity contribution in [2.24, 2.45) is 0 Å². The van der Waals surface area contributed by atoms with Gasteiger partial charge in [0.1, 0.15) is 5.75 Å². The molecule has 1 aromatic heterocycles. The van der Waals surface area contributed by atoms with Crippen LogP contribution in [0.2, 0.25) is 10.0 Å². The third-order valence-electron chi connectivity index (χ3n) is 3.36. The lowest BCUT2D eigenvalue weighted by Gasteiger charge is -2.08. The monoisotopic (exact) mass is 396 g/mol. The largest absolute Gasteiger partial charge is 0.494 e. The first-order chi connectivity index (χ1) is 12.0. The maximum Gasteiger partial charge on any atom is 0.257 e. The minimum atomic E-state index is -0.351. The summed E-state index contributed by atoms with van der Waals surface area (Å²) in [5.74, 6) is 0.754. The van der Waals surface area contributed by atoms with E-state index in [1.54, 1.807) is 0 Å². The van der Waals surface area contributed by atoms with Gasteiger partial charge in [0.25, 0.3) is 5.91 Å². The summed E-state index contributed by atoms with van der Waals surface area (Å²) < 4.78 is 11.5. The van der Waals surface area contributed by atoms with Crippen LogP contribution in [0.3, 0.4) is 0 Å². The molecular formula is C17H14Cl2N2O3S. The molecule has 25 heavy (non-hydrogen) atoms. The van der Waals surface area contributed by atoms with Gasteiger partial charge < -0.3 is 9.47 Å². The third-order valence-corrected chi connectivity index (χ3v) is 4.85. The molecule has 0 bridgehead atoms. The number of carbonyl (C=O) groups excluding carboxylic acids is 1. The van der Waals surface area contributed by atoms with Gasteiger partial charge in [-0.2, -0.15) is 0 Å². The van der Waals surface area contributed by atoms with Gasteiger partial charge in [0.15, 0.2) is 10.9 Å². The smallest absolute Gasteiger partial charge is 0.257 e. The van der Waals surface area contributed by atoms with Gasteiger partial charge in [-0.05, 0) is 37.3 Å². The fourth-order valence-electron chi connectivity index (χ4n) is 2.27. The zero-order chi connectivity index (χ0) is 18.0. The van der Waals surface area contributed by atoms with Crippen LogP contribution in [-0.4, -0.2) is 24.6 Å². The SMILES string of the molecule is CCOc1ccc2nc(NC(=O)c3cc(Cl)c(OC)c(Cl)c3)sc2c1. The van der Waals surface area contributed by atoms with Gasteiger partial charge in [-0.25, -0.2) is 4.98 Å². The molecule has 0 atom stereocenters. The number of nitrogens with one attached hydrogen (secondary N) is 1. The molecule has 0 spiro atoms. The highest BCUT2D eigenvalue weighted by atomic mass is 35.5. The second kappa shape index (κ2) is 7.47. The highest BCUT2D eigenvalue weighted by Crippen LogP contribution is 2.34. The zero-order valence-corrected chi connectivity index (χ0v) is 15.8. The Bertz CT molecular complexity index is 920. The Kier molecular flexibility index (Phi) is 5.32. The van der Waals surface area contributed by atoms with E-state index in [4.69, 9.17) is 32.7 Å². The predicted octanol–water partition coefficient (Wildman–Crippen LogP) is 5.26. The van der Waals surface area contributed by atoms with E-state index in [0.29, 0.717) is 23.1 Å². The van der Waals surface area contributed by atoms with E-state index in [1.165, 1.54) is 30.6 Å². The van der Waals surface area contributed by atoms with Crippen LogP contribution < -0.4 is 14.8 Å². The topological polar surface area (TPSA) is 60.5 Å². The number of nitrogens with zero attached hydrogens (tertiary/aromatic N) is 1. The Morgan fingerprint density at radius 1 is 1.24 bits per heavy atom. The van der Waals surface area contributed by atoms with E-state index in [0.717, 1.165) is 16.0 Å². The lowest BCUT2D eigenvalue weighted by molar-refractivity contribution is 0.102. The lowest BCUT2D eigenvalue weighted by Crippen LogP contribution is -2.11. The van der Waals surface area contributed by atoms with Crippen molar-refractivity contribution in [1.82, 2.24) is 4.98 Å². The average molecular weight is 397 g/mol. The Hall–Kier alpha value is -2.02. The molecule has 0 fully saturated rings. The summed E-state index contributed by atoms with van der Waals surface area (Å²) in [5.41, 5.74) is 1.11. The number of amides is 1. The Morgan fingerprint density at radius 2 is 1.96 bits per heavy atom. The summed E-state index contributed by atoms with van der Waals surface area (Å²) in [5, 5.41) is 3.78. The molecule has 3 rings (SSSR count). The van der Waals surface area contributed by atoms with E-state index in [1.807, 2.05) is 25.1 Å². The van der Waals surface area contributed by atoms with Crippen molar-refractivity contribution in [2.45, 2.75) is 6.92 Å². The second-order valence-electron chi connectivity index (χ2n) is 5.01. The third kappa shape index (κ3) is 3.81. The standard InChI is InChI=1S/C17H14Cl2N2O3S/c1-3-24-10-4-5-13-14(8-10)25-17(20-13)21-16(22)9-6-11(18)15(23-2)12(19)7-9/h4-8H,3H2,1-2H3,(H,20,21,22). The number of fused-ring (bicyclic) bond motifs is 1. The van der Waals surface area contributed by atoms with Crippen molar-refractivity contribution in [3.8, 4) is 11.5 Å². The van der Waals surface area contributed by atoms with Gasteiger partial charge in [-0.3, -0.25) is 10.1 Å². The minimum absolute atomic E-state index is 0.269. The van der Waals surface area contributed by atoms with Crippen LogP contribution in [0.25, 0.3) is 10.2 Å². The number of rotatable bonds is 5. The number of benzene rings is 2. The Morgan fingerprint density at radius 3 is 2.60 bits per heavy atom. The number of thiazole rings is 1. The molecule has 0 saturated heterocycles. The molecule has 1 heterocycles. The Balaban J connectivity index is 1.84. The van der Waals surface area contributed by atoms with Gasteiger partial charge in [0, 0.05) is 5.56 Å². The van der Waals surface area contributed by atoms with E-state index < -0.39 is 0 Å². The second-order valence-corrected chi connectivity index (χ2v) is 6.85. The number of methoxy groups -OCH3 is 1. The van der Waals surface area contributed by atoms with E-state index in [9.17, 15) is 4.79 Å². The molecule has 1 amide bonds. The number of carbonyl (C=O) groups is 1. The lowest BCUT2D eigenvalue weighted by atomic mass is 10.2. The maximum atomic E-state index is 12.4. The van der Waals surface area contributed by atoms with Crippen LogP contribution in [0.4, 0.5) is 5.13 Å². The number of anilines is 1. The van der Waals surface area contributed by atoms with Crippen molar-refractivity contribution >= 4 is 55.8 Å². The minimum Gasteiger partial charge on any atom is -0.494 e. The molecule has 3 aromatic rings. The summed E-state index contributed by atoms with van der Waals surface area (Å²) in [4.78, 5) is 16.8. The molecule has 2 aromatic carbocycles. The molecule has 0 saturated carbocycles. The predicted molar refractivity (Wildman–Crippen MR) is 102 cm³/mol. The van der Waals surface area contributed by atoms with Crippen LogP contribution in [0, 0.1) is 0 Å². The highest BCUT2D eigenvalue weighted by molar-refractivity contribution is 7.22. The summed E-state index contributed by atoms with van der Waals surface area (Å²) in [7, 11) is 1.46. The van der Waals surface area contributed by atoms with Gasteiger partial charge in [0.05, 0.1) is 34.0 Å². The summed E-state index contributed by atoms with van der Waals surface area (Å²) in [6.45, 7) is 2.51. The van der Waals surface area contributed by atoms with Crippen molar-refractivity contribution in [1.29, 1.82) is 0 Å². The van der Waals surface area contributed by atoms with E-state index in [-0.39, 0.29) is 16.0 Å². The summed E-state index contributed by atoms with van der Waals surface area (Å²) in [6.07, 6.45) is 0. The quantitative estimate of drug-likeness (QED) is 0.638. The number of hydrogen-bond acceptors (Lipinski definition) is 5. The van der Waals surface area contributed by atoms with Gasteiger partial charge in [-0.1, -0.05) is 34.5 Å². The van der Waals surface area contributed by atoms with E-state index >= 15 is 0 Å². The molecule has 5 nitrogen and oxygen atoms in total. The molecule has 130 valence electrons. The van der Waals surface area contributed by atoms with Crippen molar-refractivity contribution in [3.05, 3.63) is 45.9 Å². The van der Waals surface area contributed by atoms with Crippen LogP contribution in [-0.2, 0) is 0 Å². The van der Waals surface area contributed by atoms with Crippen molar-refractivity contribution in [2.75, 3.05) is 19.0 Å². The van der Waals surface area contributed by atoms with Crippen LogP contribution >= 0.6 is 34.5 Å². The summed E-state index contributed by atoms with van der Waals surface area (Å²) >= 11 is 13.5. The number of ether oxygens (including phenoxy) is 2. The fraction of sp³-hybridized carbons (Fsp3) is 0.176. The first-order valence-electron chi connectivity index (χ1n) is 7.39. The first-order valence-corrected chi connectivity index (χ1v) is 8.96. The fourth-order valence-corrected chi connectivity index (χ4v) is 3.80. The highest BCUT2D eigenvalue weighted by Gasteiger charge is 2.15. The molecule has 0 aliphatic heterocycles. The average Bonchev–Trinajstić information content (AvgIpc) is 2.96. The molecule has 0 unspecified atom stereocenters. The molecule has 0 aliphatic rings. The van der Waals surface area contributed by atoms with E-state index in [2.05, 4.69) is 10.3 Å². The van der Waals surface area contributed by atoms with Crippen LogP contribution in [0.15, 0.2) is 30.3 Å². The number of aromatic nitrogens is 1. The maximum absolute atomic E-state index is 12.4. The first kappa shape index (κ1) is 17.8. The molecule has 0 aliphatic carbocycles. The van der Waals surface area contributed by atoms with Gasteiger partial charge in [0.2, 0.25) is 0 Å². The van der Waals surface area contributed by atoms with Gasteiger partial charge in [-0.15, -0.1) is 0 Å². The summed E-state index contributed by atoms with van der Waals surface area (Å²) in [6, 6.07) is 8.60. The normalized spacial score (nSPS) is 10.7. The molecular weight excluding hydrogens is 383 g/mol. The Labute approximate surface area is 158 Å². The van der Waals surface area contributed by atoms with Crippen LogP contribution in [0.1, 0.15) is 17.3 Å². The van der Waals surface area contributed by atoms with Crippen molar-refractivity contribution < 1.29 is 14.3 Å².